The second kappa shape index (κ2) is 13.2. The molecule has 5 nitrogen and oxygen atoms in total. The summed E-state index contributed by atoms with van der Waals surface area (Å²) in [7, 11) is 0. The van der Waals surface area contributed by atoms with E-state index in [0.717, 1.165) is 25.0 Å². The van der Waals surface area contributed by atoms with E-state index >= 15 is 0 Å². The van der Waals surface area contributed by atoms with Crippen LogP contribution in [0.25, 0.3) is 0 Å². The molecule has 6 heteroatoms. The standard InChI is InChI=1S/C20H41N5.HI/c1-5-11-24-13-9-18(10-14-24)23-20(21-6-2)22-15-19-8-7-12-25(19)16-17(3)4;/h17-19H,5-16H2,1-4H3,(H2,21,22,23);1H/t19-;/m1./s1. The molecule has 2 rings (SSSR count). The molecule has 2 aliphatic heterocycles. The van der Waals surface area contributed by atoms with Crippen LogP contribution in [0.1, 0.15) is 59.8 Å². The third-order valence-electron chi connectivity index (χ3n) is 5.37. The van der Waals surface area contributed by atoms with Crippen molar-refractivity contribution in [2.45, 2.75) is 71.9 Å². The summed E-state index contributed by atoms with van der Waals surface area (Å²) >= 11 is 0. The summed E-state index contributed by atoms with van der Waals surface area (Å²) in [4.78, 5) is 10.2. The molecule has 0 aromatic rings. The fourth-order valence-corrected chi connectivity index (χ4v) is 4.14. The van der Waals surface area contributed by atoms with Crippen LogP contribution in [0.5, 0.6) is 0 Å². The number of nitrogens with zero attached hydrogens (tertiary/aromatic N) is 3. The topological polar surface area (TPSA) is 42.9 Å². The summed E-state index contributed by atoms with van der Waals surface area (Å²) in [5.41, 5.74) is 0. The Hall–Kier alpha value is -0.0800. The Morgan fingerprint density at radius 3 is 2.46 bits per heavy atom. The van der Waals surface area contributed by atoms with Gasteiger partial charge in [-0.2, -0.15) is 0 Å². The van der Waals surface area contributed by atoms with Crippen LogP contribution in [0.2, 0.25) is 0 Å². The number of aliphatic imine (C=N–C) groups is 1. The second-order valence-electron chi connectivity index (χ2n) is 8.16. The van der Waals surface area contributed by atoms with Gasteiger partial charge in [-0.05, 0) is 58.0 Å². The predicted octanol–water partition coefficient (Wildman–Crippen LogP) is 3.15. The molecular formula is C20H42IN5. The first-order valence-electron chi connectivity index (χ1n) is 10.6. The lowest BCUT2D eigenvalue weighted by atomic mass is 10.1. The maximum Gasteiger partial charge on any atom is 0.191 e. The van der Waals surface area contributed by atoms with Crippen LogP contribution in [0.15, 0.2) is 4.99 Å². The molecule has 0 aromatic carbocycles. The highest BCUT2D eigenvalue weighted by molar-refractivity contribution is 14.0. The first kappa shape index (κ1) is 24.0. The van der Waals surface area contributed by atoms with E-state index in [1.807, 2.05) is 0 Å². The summed E-state index contributed by atoms with van der Waals surface area (Å²) in [6, 6.07) is 1.20. The second-order valence-corrected chi connectivity index (χ2v) is 8.16. The molecule has 0 aromatic heterocycles. The Morgan fingerprint density at radius 1 is 1.12 bits per heavy atom. The van der Waals surface area contributed by atoms with Crippen molar-refractivity contribution in [3.8, 4) is 0 Å². The van der Waals surface area contributed by atoms with Gasteiger partial charge in [0.15, 0.2) is 5.96 Å². The van der Waals surface area contributed by atoms with Crippen LogP contribution in [0, 0.1) is 5.92 Å². The fraction of sp³-hybridized carbons (Fsp3) is 0.950. The number of guanidine groups is 1. The molecule has 0 aliphatic carbocycles. The molecule has 154 valence electrons. The largest absolute Gasteiger partial charge is 0.357 e. The summed E-state index contributed by atoms with van der Waals surface area (Å²) in [6.07, 6.45) is 6.34. The van der Waals surface area contributed by atoms with E-state index in [2.05, 4.69) is 48.1 Å². The first-order valence-corrected chi connectivity index (χ1v) is 10.6. The van der Waals surface area contributed by atoms with Gasteiger partial charge in [-0.1, -0.05) is 20.8 Å². The van der Waals surface area contributed by atoms with E-state index in [-0.39, 0.29) is 24.0 Å². The lowest BCUT2D eigenvalue weighted by molar-refractivity contribution is 0.206. The quantitative estimate of drug-likeness (QED) is 0.319. The van der Waals surface area contributed by atoms with Crippen LogP contribution in [0.4, 0.5) is 0 Å². The molecule has 2 fully saturated rings. The van der Waals surface area contributed by atoms with Crippen LogP contribution in [-0.2, 0) is 0 Å². The van der Waals surface area contributed by atoms with Crippen molar-refractivity contribution in [1.82, 2.24) is 20.4 Å². The number of rotatable bonds is 8. The van der Waals surface area contributed by atoms with Gasteiger partial charge in [-0.25, -0.2) is 0 Å². The summed E-state index contributed by atoms with van der Waals surface area (Å²) in [6.45, 7) is 17.0. The molecule has 0 bridgehead atoms. The Kier molecular flexibility index (Phi) is 12.1. The van der Waals surface area contributed by atoms with Gasteiger partial charge in [0.25, 0.3) is 0 Å². The van der Waals surface area contributed by atoms with Crippen molar-refractivity contribution in [3.63, 3.8) is 0 Å². The lowest BCUT2D eigenvalue weighted by Crippen LogP contribution is -2.49. The van der Waals surface area contributed by atoms with E-state index in [4.69, 9.17) is 4.99 Å². The number of piperidine rings is 1. The van der Waals surface area contributed by atoms with Crippen LogP contribution in [-0.4, -0.2) is 73.7 Å². The minimum absolute atomic E-state index is 0. The van der Waals surface area contributed by atoms with Gasteiger partial charge in [0.05, 0.1) is 6.54 Å². The summed E-state index contributed by atoms with van der Waals surface area (Å²) in [5.74, 6) is 1.76. The molecule has 2 aliphatic rings. The van der Waals surface area contributed by atoms with Gasteiger partial charge in [-0.3, -0.25) is 9.89 Å². The minimum Gasteiger partial charge on any atom is -0.357 e. The Balaban J connectivity index is 0.00000338. The molecule has 2 saturated heterocycles. The van der Waals surface area contributed by atoms with Gasteiger partial charge in [0.2, 0.25) is 0 Å². The van der Waals surface area contributed by atoms with E-state index in [1.54, 1.807) is 0 Å². The van der Waals surface area contributed by atoms with Gasteiger partial charge >= 0.3 is 0 Å². The van der Waals surface area contributed by atoms with E-state index < -0.39 is 0 Å². The third-order valence-corrected chi connectivity index (χ3v) is 5.37. The average Bonchev–Trinajstić information content (AvgIpc) is 3.01. The highest BCUT2D eigenvalue weighted by Gasteiger charge is 2.25. The highest BCUT2D eigenvalue weighted by Crippen LogP contribution is 2.19. The molecule has 0 amide bonds. The molecule has 0 saturated carbocycles. The van der Waals surface area contributed by atoms with Crippen molar-refractivity contribution >= 4 is 29.9 Å². The van der Waals surface area contributed by atoms with Crippen molar-refractivity contribution < 1.29 is 0 Å². The number of hydrogen-bond acceptors (Lipinski definition) is 3. The Labute approximate surface area is 178 Å². The zero-order valence-corrected chi connectivity index (χ0v) is 19.8. The predicted molar refractivity (Wildman–Crippen MR) is 124 cm³/mol. The molecule has 0 unspecified atom stereocenters. The molecule has 0 spiro atoms. The summed E-state index contributed by atoms with van der Waals surface area (Å²) in [5, 5.41) is 7.15. The number of nitrogens with one attached hydrogen (secondary N) is 2. The number of likely N-dealkylation sites (tertiary alicyclic amines) is 2. The van der Waals surface area contributed by atoms with Crippen molar-refractivity contribution in [2.75, 3.05) is 45.8 Å². The molecule has 0 radical (unpaired) electrons. The molecule has 2 heterocycles. The zero-order valence-electron chi connectivity index (χ0n) is 17.5. The van der Waals surface area contributed by atoms with Gasteiger partial charge in [-0.15, -0.1) is 24.0 Å². The van der Waals surface area contributed by atoms with Gasteiger partial charge < -0.3 is 15.5 Å². The number of hydrogen-bond donors (Lipinski definition) is 2. The van der Waals surface area contributed by atoms with E-state index in [1.165, 1.54) is 64.8 Å². The van der Waals surface area contributed by atoms with Crippen LogP contribution >= 0.6 is 24.0 Å². The maximum atomic E-state index is 4.94. The molecule has 1 atom stereocenters. The maximum absolute atomic E-state index is 4.94. The monoisotopic (exact) mass is 479 g/mol. The van der Waals surface area contributed by atoms with Gasteiger partial charge in [0, 0.05) is 38.3 Å². The van der Waals surface area contributed by atoms with Gasteiger partial charge in [0.1, 0.15) is 0 Å². The first-order chi connectivity index (χ1) is 12.1. The molecular weight excluding hydrogens is 437 g/mol. The van der Waals surface area contributed by atoms with Crippen LogP contribution in [0.3, 0.4) is 0 Å². The molecule has 2 N–H and O–H groups in total. The average molecular weight is 479 g/mol. The minimum atomic E-state index is 0. The Bertz CT molecular complexity index is 394. The molecule has 26 heavy (non-hydrogen) atoms. The smallest absolute Gasteiger partial charge is 0.191 e. The zero-order chi connectivity index (χ0) is 18.1. The van der Waals surface area contributed by atoms with Crippen LogP contribution < -0.4 is 10.6 Å². The normalized spacial score (nSPS) is 23.3. The van der Waals surface area contributed by atoms with E-state index in [0.29, 0.717) is 12.1 Å². The fourth-order valence-electron chi connectivity index (χ4n) is 4.14. The van der Waals surface area contributed by atoms with Crippen molar-refractivity contribution in [2.24, 2.45) is 10.9 Å². The third kappa shape index (κ3) is 8.30. The highest BCUT2D eigenvalue weighted by atomic mass is 127. The number of halogens is 1. The Morgan fingerprint density at radius 2 is 1.85 bits per heavy atom. The van der Waals surface area contributed by atoms with Crippen molar-refractivity contribution in [3.05, 3.63) is 0 Å². The van der Waals surface area contributed by atoms with Crippen molar-refractivity contribution in [1.29, 1.82) is 0 Å². The lowest BCUT2D eigenvalue weighted by Gasteiger charge is -2.33. The SMILES string of the molecule is CCCN1CCC(NC(=NC[C@H]2CCCN2CC(C)C)NCC)CC1.I. The van der Waals surface area contributed by atoms with E-state index in [9.17, 15) is 0 Å². The summed E-state index contributed by atoms with van der Waals surface area (Å²) < 4.78 is 0.